The van der Waals surface area contributed by atoms with Crippen LogP contribution in [0.1, 0.15) is 35.1 Å². The van der Waals surface area contributed by atoms with Crippen molar-refractivity contribution in [1.82, 2.24) is 20.0 Å². The largest absolute Gasteiger partial charge is 0.476 e. The Kier molecular flexibility index (Phi) is 4.11. The molecule has 0 aliphatic carbocycles. The Morgan fingerprint density at radius 3 is 2.95 bits per heavy atom. The van der Waals surface area contributed by atoms with Crippen LogP contribution < -0.4 is 0 Å². The minimum absolute atomic E-state index is 0.00651. The molecule has 0 amide bonds. The Morgan fingerprint density at radius 2 is 2.32 bits per heavy atom. The number of aromatic carboxylic acids is 1. The first-order valence-electron chi connectivity index (χ1n) is 5.87. The molecule has 0 spiro atoms. The van der Waals surface area contributed by atoms with E-state index in [1.54, 1.807) is 23.1 Å². The molecule has 2 aromatic heterocycles. The molecular formula is C12H13ClN4O2. The summed E-state index contributed by atoms with van der Waals surface area (Å²) in [4.78, 5) is 15.0. The highest BCUT2D eigenvalue weighted by Crippen LogP contribution is 2.17. The van der Waals surface area contributed by atoms with Crippen molar-refractivity contribution in [2.45, 2.75) is 26.3 Å². The molecule has 0 radical (unpaired) electrons. The summed E-state index contributed by atoms with van der Waals surface area (Å²) in [5.41, 5.74) is 1.45. The van der Waals surface area contributed by atoms with Crippen LogP contribution in [0.2, 0.25) is 5.02 Å². The predicted octanol–water partition coefficient (Wildman–Crippen LogP) is 2.03. The van der Waals surface area contributed by atoms with E-state index in [4.69, 9.17) is 16.7 Å². The monoisotopic (exact) mass is 280 g/mol. The Hall–Kier alpha value is -1.95. The average Bonchev–Trinajstić information content (AvgIpc) is 2.76. The number of hydrogen-bond acceptors (Lipinski definition) is 4. The number of halogens is 1. The van der Waals surface area contributed by atoms with Crippen LogP contribution in [0.15, 0.2) is 18.5 Å². The fraction of sp³-hybridized carbons (Fsp3) is 0.333. The van der Waals surface area contributed by atoms with Crippen LogP contribution in [0.4, 0.5) is 0 Å². The first-order chi connectivity index (χ1) is 9.13. The van der Waals surface area contributed by atoms with E-state index in [0.29, 0.717) is 23.7 Å². The van der Waals surface area contributed by atoms with Gasteiger partial charge >= 0.3 is 5.97 Å². The summed E-state index contributed by atoms with van der Waals surface area (Å²) in [5, 5.41) is 17.2. The third-order valence-electron chi connectivity index (χ3n) is 2.70. The maximum absolute atomic E-state index is 11.1. The van der Waals surface area contributed by atoms with E-state index >= 15 is 0 Å². The van der Waals surface area contributed by atoms with Crippen molar-refractivity contribution >= 4 is 17.6 Å². The van der Waals surface area contributed by atoms with E-state index in [0.717, 1.165) is 12.0 Å². The van der Waals surface area contributed by atoms with Crippen molar-refractivity contribution in [3.05, 3.63) is 40.4 Å². The Morgan fingerprint density at radius 1 is 1.53 bits per heavy atom. The maximum Gasteiger partial charge on any atom is 0.358 e. The molecule has 2 aromatic rings. The number of hydrogen-bond donors (Lipinski definition) is 1. The lowest BCUT2D eigenvalue weighted by molar-refractivity contribution is 0.0689. The molecule has 0 fully saturated rings. The number of carboxylic acid groups (broad SMARTS) is 1. The molecule has 19 heavy (non-hydrogen) atoms. The first kappa shape index (κ1) is 13.5. The molecule has 0 aliphatic rings. The van der Waals surface area contributed by atoms with Crippen molar-refractivity contribution in [1.29, 1.82) is 0 Å². The number of aromatic nitrogens is 4. The highest BCUT2D eigenvalue weighted by molar-refractivity contribution is 6.31. The third kappa shape index (κ3) is 2.90. The second-order valence-corrected chi connectivity index (χ2v) is 4.47. The summed E-state index contributed by atoms with van der Waals surface area (Å²) in [6.07, 6.45) is 4.61. The van der Waals surface area contributed by atoms with Gasteiger partial charge in [0.25, 0.3) is 0 Å². The Labute approximate surface area is 115 Å². The first-order valence-corrected chi connectivity index (χ1v) is 6.25. The van der Waals surface area contributed by atoms with Crippen LogP contribution in [-0.4, -0.2) is 31.1 Å². The Balaban J connectivity index is 2.35. The fourth-order valence-corrected chi connectivity index (χ4v) is 1.98. The van der Waals surface area contributed by atoms with E-state index in [1.165, 1.54) is 0 Å². The molecule has 0 aliphatic heterocycles. The van der Waals surface area contributed by atoms with Gasteiger partial charge in [-0.05, 0) is 18.1 Å². The van der Waals surface area contributed by atoms with Gasteiger partial charge in [-0.15, -0.1) is 5.10 Å². The second kappa shape index (κ2) is 5.79. The predicted molar refractivity (Wildman–Crippen MR) is 69.3 cm³/mol. The van der Waals surface area contributed by atoms with E-state index in [-0.39, 0.29) is 5.69 Å². The summed E-state index contributed by atoms with van der Waals surface area (Å²) >= 11 is 6.03. The zero-order valence-corrected chi connectivity index (χ0v) is 11.1. The summed E-state index contributed by atoms with van der Waals surface area (Å²) in [5.74, 6) is -1.06. The molecule has 0 atom stereocenters. The van der Waals surface area contributed by atoms with Crippen LogP contribution >= 0.6 is 11.6 Å². The van der Waals surface area contributed by atoms with Gasteiger partial charge in [-0.25, -0.2) is 9.48 Å². The minimum atomic E-state index is -1.06. The van der Waals surface area contributed by atoms with Crippen LogP contribution in [0.5, 0.6) is 0 Å². The van der Waals surface area contributed by atoms with Gasteiger partial charge in [0.2, 0.25) is 0 Å². The van der Waals surface area contributed by atoms with Crippen molar-refractivity contribution in [2.24, 2.45) is 0 Å². The average molecular weight is 281 g/mol. The SMILES string of the molecule is CCCc1c(C(=O)O)nnn1Cc1ccncc1Cl. The van der Waals surface area contributed by atoms with Gasteiger partial charge < -0.3 is 5.11 Å². The molecule has 7 heteroatoms. The highest BCUT2D eigenvalue weighted by Gasteiger charge is 2.18. The number of carbonyl (C=O) groups is 1. The van der Waals surface area contributed by atoms with Crippen molar-refractivity contribution in [2.75, 3.05) is 0 Å². The third-order valence-corrected chi connectivity index (χ3v) is 3.04. The zero-order chi connectivity index (χ0) is 13.8. The van der Waals surface area contributed by atoms with E-state index in [2.05, 4.69) is 15.3 Å². The summed E-state index contributed by atoms with van der Waals surface area (Å²) in [6.45, 7) is 2.36. The molecule has 0 saturated carbocycles. The lowest BCUT2D eigenvalue weighted by Gasteiger charge is -2.07. The highest BCUT2D eigenvalue weighted by atomic mass is 35.5. The molecule has 1 N–H and O–H groups in total. The smallest absolute Gasteiger partial charge is 0.358 e. The number of carboxylic acids is 1. The molecule has 0 unspecified atom stereocenters. The normalized spacial score (nSPS) is 10.6. The molecule has 0 aromatic carbocycles. The van der Waals surface area contributed by atoms with E-state index in [1.807, 2.05) is 6.92 Å². The molecule has 2 heterocycles. The van der Waals surface area contributed by atoms with Gasteiger partial charge in [0.05, 0.1) is 17.3 Å². The number of pyridine rings is 1. The van der Waals surface area contributed by atoms with Crippen LogP contribution in [-0.2, 0) is 13.0 Å². The minimum Gasteiger partial charge on any atom is -0.476 e. The summed E-state index contributed by atoms with van der Waals surface area (Å²) < 4.78 is 1.58. The Bertz CT molecular complexity index is 597. The van der Waals surface area contributed by atoms with E-state index in [9.17, 15) is 4.79 Å². The lowest BCUT2D eigenvalue weighted by Crippen LogP contribution is -2.09. The number of rotatable bonds is 5. The maximum atomic E-state index is 11.1. The number of nitrogens with zero attached hydrogens (tertiary/aromatic N) is 4. The van der Waals surface area contributed by atoms with Crippen LogP contribution in [0, 0.1) is 0 Å². The van der Waals surface area contributed by atoms with Crippen molar-refractivity contribution < 1.29 is 9.90 Å². The van der Waals surface area contributed by atoms with Crippen molar-refractivity contribution in [3.8, 4) is 0 Å². The van der Waals surface area contributed by atoms with Gasteiger partial charge in [-0.3, -0.25) is 4.98 Å². The second-order valence-electron chi connectivity index (χ2n) is 4.06. The summed E-state index contributed by atoms with van der Waals surface area (Å²) in [7, 11) is 0. The van der Waals surface area contributed by atoms with Gasteiger partial charge in [0, 0.05) is 12.4 Å². The standard InChI is InChI=1S/C12H13ClN4O2/c1-2-3-10-11(12(18)19)15-16-17(10)7-8-4-5-14-6-9(8)13/h4-6H,2-3,7H2,1H3,(H,18,19). The molecule has 100 valence electrons. The van der Waals surface area contributed by atoms with Gasteiger partial charge in [0.1, 0.15) is 0 Å². The lowest BCUT2D eigenvalue weighted by atomic mass is 10.2. The topological polar surface area (TPSA) is 80.9 Å². The van der Waals surface area contributed by atoms with Crippen LogP contribution in [0.25, 0.3) is 0 Å². The fourth-order valence-electron chi connectivity index (χ4n) is 1.80. The van der Waals surface area contributed by atoms with Gasteiger partial charge in [-0.1, -0.05) is 30.2 Å². The molecule has 2 rings (SSSR count). The quantitative estimate of drug-likeness (QED) is 0.906. The molecule has 6 nitrogen and oxygen atoms in total. The van der Waals surface area contributed by atoms with Gasteiger partial charge in [0.15, 0.2) is 5.69 Å². The zero-order valence-electron chi connectivity index (χ0n) is 10.4. The van der Waals surface area contributed by atoms with E-state index < -0.39 is 5.97 Å². The molecular weight excluding hydrogens is 268 g/mol. The van der Waals surface area contributed by atoms with Crippen LogP contribution in [0.3, 0.4) is 0 Å². The summed E-state index contributed by atoms with van der Waals surface area (Å²) in [6, 6.07) is 1.78. The van der Waals surface area contributed by atoms with Crippen molar-refractivity contribution in [3.63, 3.8) is 0 Å². The van der Waals surface area contributed by atoms with Gasteiger partial charge in [-0.2, -0.15) is 0 Å². The molecule has 0 bridgehead atoms. The molecule has 0 saturated heterocycles.